The fourth-order valence-corrected chi connectivity index (χ4v) is 4.76. The molecule has 1 aromatic carbocycles. The lowest BCUT2D eigenvalue weighted by Gasteiger charge is -2.22. The highest BCUT2D eigenvalue weighted by Crippen LogP contribution is 2.41. The van der Waals surface area contributed by atoms with Crippen molar-refractivity contribution in [3.63, 3.8) is 0 Å². The molecule has 3 heterocycles. The van der Waals surface area contributed by atoms with Crippen LogP contribution in [0.5, 0.6) is 0 Å². The van der Waals surface area contributed by atoms with Crippen molar-refractivity contribution in [1.82, 2.24) is 4.98 Å². The van der Waals surface area contributed by atoms with Crippen LogP contribution < -0.4 is 10.6 Å². The fourth-order valence-electron chi connectivity index (χ4n) is 3.40. The topological polar surface area (TPSA) is 67.2 Å². The molecule has 7 heteroatoms. The summed E-state index contributed by atoms with van der Waals surface area (Å²) in [4.78, 5) is 18.4. The second kappa shape index (κ2) is 9.08. The first-order valence-corrected chi connectivity index (χ1v) is 11.4. The van der Waals surface area contributed by atoms with Crippen LogP contribution in [0.4, 0.5) is 10.8 Å². The molecule has 31 heavy (non-hydrogen) atoms. The van der Waals surface area contributed by atoms with Gasteiger partial charge in [0, 0.05) is 21.1 Å². The zero-order chi connectivity index (χ0) is 22.0. The summed E-state index contributed by atoms with van der Waals surface area (Å²) in [5, 5.41) is 7.43. The number of benzene rings is 1. The van der Waals surface area contributed by atoms with Gasteiger partial charge < -0.3 is 15.1 Å². The summed E-state index contributed by atoms with van der Waals surface area (Å²) in [6.07, 6.45) is 3.29. The molecule has 0 saturated heterocycles. The zero-order valence-electron chi connectivity index (χ0n) is 17.4. The number of pyridine rings is 1. The van der Waals surface area contributed by atoms with E-state index in [0.717, 1.165) is 42.4 Å². The smallest absolute Gasteiger partial charge is 0.291 e. The quantitative estimate of drug-likeness (QED) is 0.306. The van der Waals surface area contributed by atoms with Crippen molar-refractivity contribution in [1.29, 1.82) is 0 Å². The van der Waals surface area contributed by atoms with E-state index in [4.69, 9.17) is 4.42 Å². The minimum atomic E-state index is -0.268. The van der Waals surface area contributed by atoms with E-state index in [1.807, 2.05) is 31.2 Å². The van der Waals surface area contributed by atoms with Crippen LogP contribution in [-0.2, 0) is 0 Å². The average molecular weight is 496 g/mol. The monoisotopic (exact) mass is 495 g/mol. The maximum absolute atomic E-state index is 12.7. The average Bonchev–Trinajstić information content (AvgIpc) is 3.37. The molecule has 0 aliphatic rings. The molecule has 0 saturated carbocycles. The van der Waals surface area contributed by atoms with Gasteiger partial charge in [0.2, 0.25) is 0 Å². The first-order valence-electron chi connectivity index (χ1n) is 9.82. The Balaban J connectivity index is 1.78. The van der Waals surface area contributed by atoms with Gasteiger partial charge in [0.15, 0.2) is 5.76 Å². The Morgan fingerprint density at radius 2 is 1.90 bits per heavy atom. The number of carbonyl (C=O) groups excluding carboxylic acids is 1. The second-order valence-electron chi connectivity index (χ2n) is 7.30. The summed E-state index contributed by atoms with van der Waals surface area (Å²) in [6.45, 7) is 6.19. The van der Waals surface area contributed by atoms with Crippen LogP contribution in [0, 0.1) is 20.8 Å². The van der Waals surface area contributed by atoms with Crippen molar-refractivity contribution >= 4 is 44.0 Å². The van der Waals surface area contributed by atoms with Crippen LogP contribution >= 0.6 is 27.3 Å². The molecule has 1 amide bonds. The SMILES string of the molecule is Cc1ccnc(N[C@H](c2ccc(Br)cc2)c2c(NC(=O)c3ccco3)sc(C)c2C)c1. The molecule has 0 spiro atoms. The van der Waals surface area contributed by atoms with E-state index in [1.54, 1.807) is 29.7 Å². The first-order chi connectivity index (χ1) is 14.9. The number of nitrogens with one attached hydrogen (secondary N) is 2. The third-order valence-electron chi connectivity index (χ3n) is 5.10. The number of rotatable bonds is 6. The lowest BCUT2D eigenvalue weighted by molar-refractivity contribution is 0.0997. The van der Waals surface area contributed by atoms with Crippen LogP contribution in [0.3, 0.4) is 0 Å². The predicted octanol–water partition coefficient (Wildman–Crippen LogP) is 6.88. The standard InChI is InChI=1S/C24H22BrN3O2S/c1-14-10-11-26-20(13-14)27-22(17-6-8-18(25)9-7-17)21-15(2)16(3)31-24(21)28-23(29)19-5-4-12-30-19/h4-13,22H,1-3H3,(H,26,27)(H,28,29)/t22-/m1/s1. The number of aryl methyl sites for hydroxylation is 2. The fraction of sp³-hybridized carbons (Fsp3) is 0.167. The van der Waals surface area contributed by atoms with Crippen molar-refractivity contribution in [2.75, 3.05) is 10.6 Å². The molecule has 0 aliphatic carbocycles. The van der Waals surface area contributed by atoms with Gasteiger partial charge in [0.05, 0.1) is 12.3 Å². The maximum Gasteiger partial charge on any atom is 0.291 e. The molecule has 1 atom stereocenters. The van der Waals surface area contributed by atoms with Gasteiger partial charge in [-0.1, -0.05) is 28.1 Å². The number of thiophene rings is 1. The van der Waals surface area contributed by atoms with Gasteiger partial charge in [0.1, 0.15) is 10.8 Å². The van der Waals surface area contributed by atoms with E-state index < -0.39 is 0 Å². The normalized spacial score (nSPS) is 11.9. The number of hydrogen-bond acceptors (Lipinski definition) is 5. The number of hydrogen-bond donors (Lipinski definition) is 2. The highest BCUT2D eigenvalue weighted by atomic mass is 79.9. The number of aromatic nitrogens is 1. The Hall–Kier alpha value is -2.90. The molecule has 0 aliphatic heterocycles. The van der Waals surface area contributed by atoms with E-state index in [0.29, 0.717) is 0 Å². The summed E-state index contributed by atoms with van der Waals surface area (Å²) in [6, 6.07) is 15.3. The Morgan fingerprint density at radius 1 is 1.13 bits per heavy atom. The van der Waals surface area contributed by atoms with E-state index in [9.17, 15) is 4.79 Å². The van der Waals surface area contributed by atoms with Gasteiger partial charge in [-0.2, -0.15) is 0 Å². The number of carbonyl (C=O) groups is 1. The largest absolute Gasteiger partial charge is 0.459 e. The molecule has 0 unspecified atom stereocenters. The number of amides is 1. The molecule has 0 fully saturated rings. The minimum Gasteiger partial charge on any atom is -0.459 e. The number of halogens is 1. The zero-order valence-corrected chi connectivity index (χ0v) is 19.8. The third kappa shape index (κ3) is 4.73. The molecule has 0 radical (unpaired) electrons. The summed E-state index contributed by atoms with van der Waals surface area (Å²) < 4.78 is 6.28. The van der Waals surface area contributed by atoms with Crippen molar-refractivity contribution in [2.24, 2.45) is 0 Å². The molecule has 5 nitrogen and oxygen atoms in total. The molecular weight excluding hydrogens is 474 g/mol. The highest BCUT2D eigenvalue weighted by molar-refractivity contribution is 9.10. The van der Waals surface area contributed by atoms with Gasteiger partial charge >= 0.3 is 0 Å². The summed E-state index contributed by atoms with van der Waals surface area (Å²) in [7, 11) is 0. The number of anilines is 2. The maximum atomic E-state index is 12.7. The van der Waals surface area contributed by atoms with E-state index >= 15 is 0 Å². The molecule has 0 bridgehead atoms. The predicted molar refractivity (Wildman–Crippen MR) is 129 cm³/mol. The number of nitrogens with zero attached hydrogens (tertiary/aromatic N) is 1. The highest BCUT2D eigenvalue weighted by Gasteiger charge is 2.25. The summed E-state index contributed by atoms with van der Waals surface area (Å²) >= 11 is 5.08. The lowest BCUT2D eigenvalue weighted by Crippen LogP contribution is -2.17. The lowest BCUT2D eigenvalue weighted by atomic mass is 9.96. The summed E-state index contributed by atoms with van der Waals surface area (Å²) in [5.41, 5.74) is 4.35. The molecular formula is C24H22BrN3O2S. The Morgan fingerprint density at radius 3 is 2.58 bits per heavy atom. The molecule has 158 valence electrons. The number of furan rings is 1. The molecule has 4 rings (SSSR count). The Kier molecular flexibility index (Phi) is 6.25. The Bertz CT molecular complexity index is 1200. The van der Waals surface area contributed by atoms with Crippen molar-refractivity contribution in [3.8, 4) is 0 Å². The van der Waals surface area contributed by atoms with Gasteiger partial charge in [-0.25, -0.2) is 4.98 Å². The van der Waals surface area contributed by atoms with Crippen molar-refractivity contribution < 1.29 is 9.21 Å². The molecule has 3 aromatic heterocycles. The van der Waals surface area contributed by atoms with Crippen molar-refractivity contribution in [3.05, 3.63) is 98.4 Å². The van der Waals surface area contributed by atoms with Crippen molar-refractivity contribution in [2.45, 2.75) is 26.8 Å². The summed E-state index contributed by atoms with van der Waals surface area (Å²) in [5.74, 6) is 0.790. The van der Waals surface area contributed by atoms with Crippen LogP contribution in [0.2, 0.25) is 0 Å². The van der Waals surface area contributed by atoms with E-state index in [-0.39, 0.29) is 17.7 Å². The van der Waals surface area contributed by atoms with E-state index in [1.165, 1.54) is 6.26 Å². The first kappa shape index (κ1) is 21.3. The van der Waals surface area contributed by atoms with Gasteiger partial charge in [-0.15, -0.1) is 11.3 Å². The van der Waals surface area contributed by atoms with Crippen LogP contribution in [-0.4, -0.2) is 10.9 Å². The van der Waals surface area contributed by atoms with Crippen LogP contribution in [0.15, 0.2) is 69.9 Å². The van der Waals surface area contributed by atoms with Gasteiger partial charge in [-0.05, 0) is 73.9 Å². The Labute approximate surface area is 193 Å². The molecule has 4 aromatic rings. The molecule has 2 N–H and O–H groups in total. The van der Waals surface area contributed by atoms with E-state index in [2.05, 4.69) is 57.5 Å². The van der Waals surface area contributed by atoms with Gasteiger partial charge in [-0.3, -0.25) is 4.79 Å². The minimum absolute atomic E-state index is 0.195. The van der Waals surface area contributed by atoms with Gasteiger partial charge in [0.25, 0.3) is 5.91 Å². The third-order valence-corrected chi connectivity index (χ3v) is 6.77. The van der Waals surface area contributed by atoms with Crippen LogP contribution in [0.25, 0.3) is 0 Å². The van der Waals surface area contributed by atoms with Crippen LogP contribution in [0.1, 0.15) is 43.7 Å². The second-order valence-corrected chi connectivity index (χ2v) is 9.45.